The van der Waals surface area contributed by atoms with Gasteiger partial charge >= 0.3 is 0 Å². The Kier molecular flexibility index (Phi) is 4.62. The van der Waals surface area contributed by atoms with Gasteiger partial charge in [0.25, 0.3) is 0 Å². The summed E-state index contributed by atoms with van der Waals surface area (Å²) >= 11 is 0. The predicted octanol–water partition coefficient (Wildman–Crippen LogP) is 1.58. The summed E-state index contributed by atoms with van der Waals surface area (Å²) in [5.74, 6) is 0.648. The Balaban J connectivity index is 1.85. The predicted molar refractivity (Wildman–Crippen MR) is 71.2 cm³/mol. The highest BCUT2D eigenvalue weighted by Gasteiger charge is 2.37. The van der Waals surface area contributed by atoms with Gasteiger partial charge < -0.3 is 15.8 Å². The number of amides is 1. The fraction of sp³-hybridized carbons (Fsp3) is 0.929. The van der Waals surface area contributed by atoms with E-state index < -0.39 is 5.54 Å². The highest BCUT2D eigenvalue weighted by molar-refractivity contribution is 5.86. The molecule has 1 saturated heterocycles. The zero-order chi connectivity index (χ0) is 13.0. The Morgan fingerprint density at radius 3 is 2.50 bits per heavy atom. The van der Waals surface area contributed by atoms with Crippen molar-refractivity contribution in [3.05, 3.63) is 0 Å². The van der Waals surface area contributed by atoms with Crippen LogP contribution in [0, 0.1) is 5.92 Å². The average Bonchev–Trinajstić information content (AvgIpc) is 2.40. The topological polar surface area (TPSA) is 64.4 Å². The standard InChI is InChI=1S/C14H26N2O2/c1-11(12-5-3-2-4-6-12)16-13(17)14(15)7-9-18-10-8-14/h11-12H,2-10,15H2,1H3,(H,16,17)/t11-/m1/s1. The second-order valence-electron chi connectivity index (χ2n) is 5.93. The molecule has 1 saturated carbocycles. The summed E-state index contributed by atoms with van der Waals surface area (Å²) in [4.78, 5) is 12.3. The first-order chi connectivity index (χ1) is 8.62. The molecule has 4 nitrogen and oxygen atoms in total. The first-order valence-electron chi connectivity index (χ1n) is 7.29. The maximum Gasteiger partial charge on any atom is 0.240 e. The fourth-order valence-corrected chi connectivity index (χ4v) is 3.07. The molecule has 1 aliphatic carbocycles. The normalized spacial score (nSPS) is 26.6. The van der Waals surface area contributed by atoms with Gasteiger partial charge in [-0.15, -0.1) is 0 Å². The first-order valence-corrected chi connectivity index (χ1v) is 7.29. The first kappa shape index (κ1) is 13.8. The summed E-state index contributed by atoms with van der Waals surface area (Å²) in [5, 5.41) is 3.14. The Morgan fingerprint density at radius 1 is 1.28 bits per heavy atom. The fourth-order valence-electron chi connectivity index (χ4n) is 3.07. The minimum absolute atomic E-state index is 0.0175. The molecule has 1 aliphatic heterocycles. The van der Waals surface area contributed by atoms with Crippen molar-refractivity contribution in [2.75, 3.05) is 13.2 Å². The van der Waals surface area contributed by atoms with Crippen LogP contribution >= 0.6 is 0 Å². The van der Waals surface area contributed by atoms with Crippen molar-refractivity contribution < 1.29 is 9.53 Å². The molecule has 0 aromatic heterocycles. The van der Waals surface area contributed by atoms with E-state index in [-0.39, 0.29) is 11.9 Å². The summed E-state index contributed by atoms with van der Waals surface area (Å²) < 4.78 is 5.28. The van der Waals surface area contributed by atoms with Gasteiger partial charge in [-0.05, 0) is 38.5 Å². The largest absolute Gasteiger partial charge is 0.381 e. The Hall–Kier alpha value is -0.610. The minimum atomic E-state index is -0.707. The molecule has 0 spiro atoms. The van der Waals surface area contributed by atoms with Crippen molar-refractivity contribution in [3.63, 3.8) is 0 Å². The van der Waals surface area contributed by atoms with Gasteiger partial charge in [-0.25, -0.2) is 0 Å². The Morgan fingerprint density at radius 2 is 1.89 bits per heavy atom. The monoisotopic (exact) mass is 254 g/mol. The number of ether oxygens (including phenoxy) is 1. The van der Waals surface area contributed by atoms with Crippen molar-refractivity contribution in [1.82, 2.24) is 5.32 Å². The maximum atomic E-state index is 12.3. The zero-order valence-electron chi connectivity index (χ0n) is 11.4. The van der Waals surface area contributed by atoms with Gasteiger partial charge in [-0.1, -0.05) is 19.3 Å². The molecule has 0 bridgehead atoms. The van der Waals surface area contributed by atoms with Crippen LogP contribution in [0.15, 0.2) is 0 Å². The van der Waals surface area contributed by atoms with E-state index in [1.165, 1.54) is 32.1 Å². The lowest BCUT2D eigenvalue weighted by Crippen LogP contribution is -2.59. The van der Waals surface area contributed by atoms with Crippen LogP contribution in [-0.2, 0) is 9.53 Å². The lowest BCUT2D eigenvalue weighted by Gasteiger charge is -2.35. The zero-order valence-corrected chi connectivity index (χ0v) is 11.4. The third-order valence-electron chi connectivity index (χ3n) is 4.55. The molecule has 4 heteroatoms. The molecular weight excluding hydrogens is 228 g/mol. The molecular formula is C14H26N2O2. The third-order valence-corrected chi connectivity index (χ3v) is 4.55. The molecule has 2 aliphatic rings. The molecule has 0 unspecified atom stereocenters. The van der Waals surface area contributed by atoms with Crippen LogP contribution in [0.3, 0.4) is 0 Å². The van der Waals surface area contributed by atoms with E-state index in [0.29, 0.717) is 32.0 Å². The Bertz CT molecular complexity index is 282. The van der Waals surface area contributed by atoms with Crippen LogP contribution in [0.1, 0.15) is 51.9 Å². The van der Waals surface area contributed by atoms with Gasteiger partial charge in [0.05, 0.1) is 5.54 Å². The van der Waals surface area contributed by atoms with Crippen LogP contribution < -0.4 is 11.1 Å². The number of nitrogens with one attached hydrogen (secondary N) is 1. The highest BCUT2D eigenvalue weighted by Crippen LogP contribution is 2.27. The van der Waals surface area contributed by atoms with Crippen LogP contribution in [0.5, 0.6) is 0 Å². The van der Waals surface area contributed by atoms with Crippen molar-refractivity contribution >= 4 is 5.91 Å². The molecule has 3 N–H and O–H groups in total. The number of nitrogens with two attached hydrogens (primary N) is 1. The molecule has 0 aromatic rings. The number of rotatable bonds is 3. The van der Waals surface area contributed by atoms with Gasteiger partial charge in [-0.2, -0.15) is 0 Å². The second kappa shape index (κ2) is 6.02. The van der Waals surface area contributed by atoms with E-state index >= 15 is 0 Å². The molecule has 0 radical (unpaired) electrons. The van der Waals surface area contributed by atoms with Crippen LogP contribution in [0.2, 0.25) is 0 Å². The van der Waals surface area contributed by atoms with E-state index in [1.54, 1.807) is 0 Å². The summed E-state index contributed by atoms with van der Waals surface area (Å²) in [6, 6.07) is 0.251. The van der Waals surface area contributed by atoms with Gasteiger partial charge in [0.1, 0.15) is 0 Å². The van der Waals surface area contributed by atoms with Crippen LogP contribution in [0.25, 0.3) is 0 Å². The van der Waals surface area contributed by atoms with Crippen LogP contribution in [-0.4, -0.2) is 30.7 Å². The van der Waals surface area contributed by atoms with E-state index in [9.17, 15) is 4.79 Å². The van der Waals surface area contributed by atoms with Crippen LogP contribution in [0.4, 0.5) is 0 Å². The number of carbonyl (C=O) groups is 1. The number of carbonyl (C=O) groups excluding carboxylic acids is 1. The third kappa shape index (κ3) is 3.23. The number of hydrogen-bond acceptors (Lipinski definition) is 3. The van der Waals surface area contributed by atoms with Crippen molar-refractivity contribution in [2.24, 2.45) is 11.7 Å². The molecule has 2 rings (SSSR count). The molecule has 0 aromatic carbocycles. The maximum absolute atomic E-state index is 12.3. The van der Waals surface area contributed by atoms with Gasteiger partial charge in [0.2, 0.25) is 5.91 Å². The quantitative estimate of drug-likeness (QED) is 0.803. The van der Waals surface area contributed by atoms with E-state index in [0.717, 1.165) is 0 Å². The van der Waals surface area contributed by atoms with Gasteiger partial charge in [0.15, 0.2) is 0 Å². The minimum Gasteiger partial charge on any atom is -0.381 e. The molecule has 104 valence electrons. The summed E-state index contributed by atoms with van der Waals surface area (Å²) in [7, 11) is 0. The van der Waals surface area contributed by atoms with Crippen molar-refractivity contribution in [3.8, 4) is 0 Å². The lowest BCUT2D eigenvalue weighted by molar-refractivity contribution is -0.130. The Labute approximate surface area is 110 Å². The molecule has 1 atom stereocenters. The smallest absolute Gasteiger partial charge is 0.240 e. The lowest BCUT2D eigenvalue weighted by atomic mass is 9.83. The molecule has 1 amide bonds. The summed E-state index contributed by atoms with van der Waals surface area (Å²) in [5.41, 5.74) is 5.48. The van der Waals surface area contributed by atoms with E-state index in [2.05, 4.69) is 12.2 Å². The second-order valence-corrected chi connectivity index (χ2v) is 5.93. The van der Waals surface area contributed by atoms with Gasteiger partial charge in [-0.3, -0.25) is 4.79 Å². The van der Waals surface area contributed by atoms with E-state index in [1.807, 2.05) is 0 Å². The summed E-state index contributed by atoms with van der Waals surface area (Å²) in [6.07, 6.45) is 7.69. The summed E-state index contributed by atoms with van der Waals surface area (Å²) in [6.45, 7) is 3.32. The number of hydrogen-bond donors (Lipinski definition) is 2. The van der Waals surface area contributed by atoms with Crippen molar-refractivity contribution in [1.29, 1.82) is 0 Å². The molecule has 2 fully saturated rings. The van der Waals surface area contributed by atoms with E-state index in [4.69, 9.17) is 10.5 Å². The molecule has 1 heterocycles. The SMILES string of the molecule is C[C@@H](NC(=O)C1(N)CCOCC1)C1CCCCC1. The van der Waals surface area contributed by atoms with Gasteiger partial charge in [0, 0.05) is 19.3 Å². The van der Waals surface area contributed by atoms with Crippen molar-refractivity contribution in [2.45, 2.75) is 63.5 Å². The highest BCUT2D eigenvalue weighted by atomic mass is 16.5. The molecule has 18 heavy (non-hydrogen) atoms. The average molecular weight is 254 g/mol.